The Morgan fingerprint density at radius 2 is 1.70 bits per heavy atom. The molecule has 5 heteroatoms. The van der Waals surface area contributed by atoms with E-state index in [9.17, 15) is 0 Å². The molecule has 0 aromatic heterocycles. The van der Waals surface area contributed by atoms with Gasteiger partial charge in [0.1, 0.15) is 5.75 Å². The van der Waals surface area contributed by atoms with E-state index in [2.05, 4.69) is 70.6 Å². The second-order valence-electron chi connectivity index (χ2n) is 6.90. The van der Waals surface area contributed by atoms with Crippen molar-refractivity contribution in [3.05, 3.63) is 65.7 Å². The predicted molar refractivity (Wildman–Crippen MR) is 113 cm³/mol. The number of methoxy groups -OCH3 is 1. The summed E-state index contributed by atoms with van der Waals surface area (Å²) < 4.78 is 5.46. The lowest BCUT2D eigenvalue weighted by Gasteiger charge is -2.28. The molecule has 0 saturated heterocycles. The van der Waals surface area contributed by atoms with Crippen LogP contribution in [-0.2, 0) is 13.0 Å². The first-order valence-electron chi connectivity index (χ1n) is 9.29. The number of hydrogen-bond acceptors (Lipinski definition) is 3. The van der Waals surface area contributed by atoms with E-state index in [1.807, 2.05) is 32.3 Å². The van der Waals surface area contributed by atoms with E-state index < -0.39 is 0 Å². The van der Waals surface area contributed by atoms with Crippen LogP contribution in [0.15, 0.2) is 59.6 Å². The fraction of sp³-hybridized carbons (Fsp3) is 0.409. The summed E-state index contributed by atoms with van der Waals surface area (Å²) in [4.78, 5) is 8.83. The van der Waals surface area contributed by atoms with Gasteiger partial charge in [0.05, 0.1) is 7.11 Å². The number of ether oxygens (including phenoxy) is 1. The summed E-state index contributed by atoms with van der Waals surface area (Å²) in [7, 11) is 9.82. The van der Waals surface area contributed by atoms with Crippen molar-refractivity contribution in [2.75, 3.05) is 41.8 Å². The average molecular weight is 369 g/mol. The highest BCUT2D eigenvalue weighted by atomic mass is 16.5. The van der Waals surface area contributed by atoms with Crippen molar-refractivity contribution in [2.24, 2.45) is 4.99 Å². The highest BCUT2D eigenvalue weighted by molar-refractivity contribution is 5.79. The van der Waals surface area contributed by atoms with Gasteiger partial charge in [-0.2, -0.15) is 0 Å². The summed E-state index contributed by atoms with van der Waals surface area (Å²) >= 11 is 0. The van der Waals surface area contributed by atoms with Crippen LogP contribution in [0.5, 0.6) is 5.75 Å². The molecule has 2 rings (SSSR count). The van der Waals surface area contributed by atoms with Crippen LogP contribution in [0.4, 0.5) is 0 Å². The van der Waals surface area contributed by atoms with Crippen molar-refractivity contribution < 1.29 is 4.74 Å². The van der Waals surface area contributed by atoms with Gasteiger partial charge < -0.3 is 19.9 Å². The molecule has 1 atom stereocenters. The van der Waals surface area contributed by atoms with Gasteiger partial charge in [0.2, 0.25) is 0 Å². The third kappa shape index (κ3) is 6.29. The quantitative estimate of drug-likeness (QED) is 0.575. The highest BCUT2D eigenvalue weighted by Crippen LogP contribution is 2.18. The molecule has 1 N–H and O–H groups in total. The Hall–Kier alpha value is -2.53. The Morgan fingerprint density at radius 3 is 2.33 bits per heavy atom. The van der Waals surface area contributed by atoms with Gasteiger partial charge in [-0.15, -0.1) is 0 Å². The zero-order chi connectivity index (χ0) is 19.6. The molecule has 0 saturated carbocycles. The monoisotopic (exact) mass is 368 g/mol. The number of nitrogens with zero attached hydrogens (tertiary/aromatic N) is 3. The molecule has 1 unspecified atom stereocenters. The van der Waals surface area contributed by atoms with Gasteiger partial charge in [0.25, 0.3) is 0 Å². The zero-order valence-electron chi connectivity index (χ0n) is 17.1. The van der Waals surface area contributed by atoms with Crippen LogP contribution >= 0.6 is 0 Å². The first-order chi connectivity index (χ1) is 13.0. The number of guanidine groups is 1. The number of benzene rings is 2. The van der Waals surface area contributed by atoms with Crippen LogP contribution in [0.3, 0.4) is 0 Å². The minimum atomic E-state index is 0.379. The second-order valence-corrected chi connectivity index (χ2v) is 6.90. The average Bonchev–Trinajstić information content (AvgIpc) is 2.68. The summed E-state index contributed by atoms with van der Waals surface area (Å²) in [5.41, 5.74) is 2.48. The van der Waals surface area contributed by atoms with Crippen molar-refractivity contribution in [1.82, 2.24) is 15.1 Å². The smallest absolute Gasteiger partial charge is 0.193 e. The SMILES string of the molecule is CN=C(NCC(Cc1ccccc1)N(C)C)N(C)Cc1ccccc1OC. The third-order valence-corrected chi connectivity index (χ3v) is 4.71. The first-order valence-corrected chi connectivity index (χ1v) is 9.29. The van der Waals surface area contributed by atoms with E-state index in [1.54, 1.807) is 7.11 Å². The van der Waals surface area contributed by atoms with E-state index in [0.29, 0.717) is 6.04 Å². The van der Waals surface area contributed by atoms with Gasteiger partial charge in [0.15, 0.2) is 5.96 Å². The van der Waals surface area contributed by atoms with E-state index in [0.717, 1.165) is 36.8 Å². The zero-order valence-corrected chi connectivity index (χ0v) is 17.1. The number of aliphatic imine (C=N–C) groups is 1. The second kappa shape index (κ2) is 10.6. The van der Waals surface area contributed by atoms with Crippen LogP contribution in [0.2, 0.25) is 0 Å². The van der Waals surface area contributed by atoms with E-state index in [-0.39, 0.29) is 0 Å². The molecule has 2 aromatic carbocycles. The lowest BCUT2D eigenvalue weighted by molar-refractivity contribution is 0.287. The number of likely N-dealkylation sites (N-methyl/N-ethyl adjacent to an activating group) is 1. The topological polar surface area (TPSA) is 40.1 Å². The van der Waals surface area contributed by atoms with Crippen LogP contribution in [0.1, 0.15) is 11.1 Å². The Bertz CT molecular complexity index is 715. The van der Waals surface area contributed by atoms with Crippen molar-refractivity contribution in [1.29, 1.82) is 0 Å². The summed E-state index contributed by atoms with van der Waals surface area (Å²) in [6, 6.07) is 19.1. The largest absolute Gasteiger partial charge is 0.496 e. The molecule has 0 aliphatic carbocycles. The van der Waals surface area contributed by atoms with E-state index in [4.69, 9.17) is 4.74 Å². The molecule has 0 spiro atoms. The number of hydrogen-bond donors (Lipinski definition) is 1. The molecule has 0 heterocycles. The third-order valence-electron chi connectivity index (χ3n) is 4.71. The van der Waals surface area contributed by atoms with Crippen molar-refractivity contribution in [3.8, 4) is 5.75 Å². The molecule has 27 heavy (non-hydrogen) atoms. The summed E-state index contributed by atoms with van der Waals surface area (Å²) in [5, 5.41) is 3.52. The molecule has 0 bridgehead atoms. The maximum Gasteiger partial charge on any atom is 0.193 e. The molecule has 0 amide bonds. The van der Waals surface area contributed by atoms with Crippen molar-refractivity contribution in [2.45, 2.75) is 19.0 Å². The molecular weight excluding hydrogens is 336 g/mol. The fourth-order valence-corrected chi connectivity index (χ4v) is 3.08. The van der Waals surface area contributed by atoms with Gasteiger partial charge >= 0.3 is 0 Å². The van der Waals surface area contributed by atoms with Gasteiger partial charge in [-0.05, 0) is 32.1 Å². The van der Waals surface area contributed by atoms with Crippen LogP contribution in [0, 0.1) is 0 Å². The maximum atomic E-state index is 5.46. The maximum absolute atomic E-state index is 5.46. The molecule has 0 aliphatic rings. The van der Waals surface area contributed by atoms with Crippen LogP contribution < -0.4 is 10.1 Å². The summed E-state index contributed by atoms with van der Waals surface area (Å²) in [6.07, 6.45) is 0.994. The van der Waals surface area contributed by atoms with Crippen molar-refractivity contribution >= 4 is 5.96 Å². The lowest BCUT2D eigenvalue weighted by Crippen LogP contribution is -2.46. The van der Waals surface area contributed by atoms with Crippen molar-refractivity contribution in [3.63, 3.8) is 0 Å². The number of nitrogens with one attached hydrogen (secondary N) is 1. The standard InChI is InChI=1S/C22H32N4O/c1-23-22(26(4)17-19-13-9-10-14-21(19)27-5)24-16-20(25(2)3)15-18-11-7-6-8-12-18/h6-14,20H,15-17H2,1-5H3,(H,23,24). The van der Waals surface area contributed by atoms with E-state index in [1.165, 1.54) is 5.56 Å². The highest BCUT2D eigenvalue weighted by Gasteiger charge is 2.15. The molecule has 0 fully saturated rings. The normalized spacial score (nSPS) is 12.7. The number of para-hydroxylation sites is 1. The number of rotatable bonds is 8. The minimum absolute atomic E-state index is 0.379. The van der Waals surface area contributed by atoms with Gasteiger partial charge in [0, 0.05) is 38.8 Å². The molecule has 5 nitrogen and oxygen atoms in total. The summed E-state index contributed by atoms with van der Waals surface area (Å²) in [5.74, 6) is 1.77. The molecular formula is C22H32N4O. The molecule has 0 aliphatic heterocycles. The van der Waals surface area contributed by atoms with E-state index >= 15 is 0 Å². The molecule has 146 valence electrons. The Kier molecular flexibility index (Phi) is 8.14. The fourth-order valence-electron chi connectivity index (χ4n) is 3.08. The Labute approximate surface area is 163 Å². The van der Waals surface area contributed by atoms with Gasteiger partial charge in [-0.1, -0.05) is 48.5 Å². The lowest BCUT2D eigenvalue weighted by atomic mass is 10.1. The van der Waals surface area contributed by atoms with Gasteiger partial charge in [-0.3, -0.25) is 4.99 Å². The molecule has 2 aromatic rings. The Balaban J connectivity index is 1.98. The van der Waals surface area contributed by atoms with Crippen LogP contribution in [-0.4, -0.2) is 63.6 Å². The Morgan fingerprint density at radius 1 is 1.04 bits per heavy atom. The predicted octanol–water partition coefficient (Wildman–Crippen LogP) is 2.88. The minimum Gasteiger partial charge on any atom is -0.496 e. The summed E-state index contributed by atoms with van der Waals surface area (Å²) in [6.45, 7) is 1.56. The van der Waals surface area contributed by atoms with Gasteiger partial charge in [-0.25, -0.2) is 0 Å². The molecule has 0 radical (unpaired) electrons. The first kappa shape index (κ1) is 20.8. The van der Waals surface area contributed by atoms with Crippen LogP contribution in [0.25, 0.3) is 0 Å².